The molecule has 2 aromatic rings. The van der Waals surface area contributed by atoms with Gasteiger partial charge in [-0.05, 0) is 12.1 Å². The molecule has 0 saturated heterocycles. The molecular formula is C10H10ClN3O. The molecule has 2 rings (SSSR count). The Morgan fingerprint density at radius 1 is 1.47 bits per heavy atom. The van der Waals surface area contributed by atoms with E-state index in [-0.39, 0.29) is 0 Å². The Hall–Kier alpha value is -1.52. The third-order valence-electron chi connectivity index (χ3n) is 2.18. The van der Waals surface area contributed by atoms with E-state index in [9.17, 15) is 5.11 Å². The molecule has 0 aliphatic carbocycles. The van der Waals surface area contributed by atoms with Gasteiger partial charge in [0.15, 0.2) is 0 Å². The van der Waals surface area contributed by atoms with Crippen LogP contribution >= 0.6 is 11.6 Å². The van der Waals surface area contributed by atoms with Crippen molar-refractivity contribution in [3.8, 4) is 0 Å². The van der Waals surface area contributed by atoms with Crippen LogP contribution in [-0.4, -0.2) is 15.3 Å². The van der Waals surface area contributed by atoms with Crippen molar-refractivity contribution >= 4 is 17.3 Å². The van der Waals surface area contributed by atoms with Gasteiger partial charge in [0, 0.05) is 28.0 Å². The molecular weight excluding hydrogens is 214 g/mol. The lowest BCUT2D eigenvalue weighted by atomic mass is 10.0. The Morgan fingerprint density at radius 3 is 2.87 bits per heavy atom. The molecule has 1 atom stereocenters. The fraction of sp³-hybridized carbons (Fsp3) is 0.100. The molecule has 0 spiro atoms. The van der Waals surface area contributed by atoms with Crippen LogP contribution in [0, 0.1) is 0 Å². The Morgan fingerprint density at radius 2 is 2.27 bits per heavy atom. The van der Waals surface area contributed by atoms with Crippen LogP contribution in [0.4, 0.5) is 5.69 Å². The molecule has 1 aromatic carbocycles. The summed E-state index contributed by atoms with van der Waals surface area (Å²) in [7, 11) is 0. The molecule has 0 radical (unpaired) electrons. The first-order chi connectivity index (χ1) is 7.18. The minimum Gasteiger partial charge on any atom is -0.398 e. The molecule has 0 amide bonds. The lowest BCUT2D eigenvalue weighted by Gasteiger charge is -2.11. The second-order valence-corrected chi connectivity index (χ2v) is 3.64. The molecule has 4 N–H and O–H groups in total. The number of H-pyrrole nitrogens is 1. The number of aliphatic hydroxyl groups is 1. The second kappa shape index (κ2) is 3.92. The van der Waals surface area contributed by atoms with Crippen molar-refractivity contribution in [1.82, 2.24) is 10.2 Å². The van der Waals surface area contributed by atoms with Gasteiger partial charge in [-0.15, -0.1) is 0 Å². The van der Waals surface area contributed by atoms with Crippen molar-refractivity contribution in [2.24, 2.45) is 0 Å². The Kier molecular flexibility index (Phi) is 2.62. The number of aromatic nitrogens is 2. The first-order valence-corrected chi connectivity index (χ1v) is 4.78. The minimum absolute atomic E-state index is 0.469. The van der Waals surface area contributed by atoms with Crippen LogP contribution in [0.2, 0.25) is 5.02 Å². The van der Waals surface area contributed by atoms with E-state index in [0.29, 0.717) is 21.8 Å². The van der Waals surface area contributed by atoms with E-state index in [1.54, 1.807) is 30.6 Å². The summed E-state index contributed by atoms with van der Waals surface area (Å²) < 4.78 is 0. The number of nitrogen functional groups attached to an aromatic ring is 1. The number of halogens is 1. The van der Waals surface area contributed by atoms with Crippen LogP contribution in [0.25, 0.3) is 0 Å². The molecule has 1 unspecified atom stereocenters. The highest BCUT2D eigenvalue weighted by atomic mass is 35.5. The number of anilines is 1. The predicted molar refractivity (Wildman–Crippen MR) is 58.5 cm³/mol. The summed E-state index contributed by atoms with van der Waals surface area (Å²) in [5.74, 6) is 0. The Balaban J connectivity index is 2.38. The van der Waals surface area contributed by atoms with Gasteiger partial charge < -0.3 is 10.8 Å². The van der Waals surface area contributed by atoms with Crippen LogP contribution in [0.15, 0.2) is 30.6 Å². The SMILES string of the molecule is Nc1cc(Cl)ccc1C(O)c1cn[nH]c1. The van der Waals surface area contributed by atoms with E-state index in [1.165, 1.54) is 0 Å². The average molecular weight is 224 g/mol. The number of aliphatic hydroxyl groups excluding tert-OH is 1. The fourth-order valence-electron chi connectivity index (χ4n) is 1.38. The molecule has 0 fully saturated rings. The molecule has 1 aromatic heterocycles. The molecule has 78 valence electrons. The predicted octanol–water partition coefficient (Wildman–Crippen LogP) is 1.73. The molecule has 15 heavy (non-hydrogen) atoms. The van der Waals surface area contributed by atoms with Crippen molar-refractivity contribution in [3.63, 3.8) is 0 Å². The minimum atomic E-state index is -0.777. The zero-order valence-electron chi connectivity index (χ0n) is 7.81. The summed E-state index contributed by atoms with van der Waals surface area (Å²) in [6.07, 6.45) is 2.40. The summed E-state index contributed by atoms with van der Waals surface area (Å²) in [6.45, 7) is 0. The Bertz CT molecular complexity index is 456. The van der Waals surface area contributed by atoms with E-state index in [0.717, 1.165) is 0 Å². The smallest absolute Gasteiger partial charge is 0.109 e. The van der Waals surface area contributed by atoms with Crippen molar-refractivity contribution in [2.45, 2.75) is 6.10 Å². The average Bonchev–Trinajstić information content (AvgIpc) is 2.69. The van der Waals surface area contributed by atoms with Crippen molar-refractivity contribution < 1.29 is 5.11 Å². The summed E-state index contributed by atoms with van der Waals surface area (Å²) in [5, 5.41) is 16.9. The number of nitrogens with two attached hydrogens (primary N) is 1. The van der Waals surface area contributed by atoms with Gasteiger partial charge in [-0.1, -0.05) is 17.7 Å². The van der Waals surface area contributed by atoms with Crippen LogP contribution in [0.1, 0.15) is 17.2 Å². The number of hydrogen-bond donors (Lipinski definition) is 3. The third-order valence-corrected chi connectivity index (χ3v) is 2.41. The number of hydrogen-bond acceptors (Lipinski definition) is 3. The number of nitrogens with zero attached hydrogens (tertiary/aromatic N) is 1. The van der Waals surface area contributed by atoms with Crippen LogP contribution in [0.5, 0.6) is 0 Å². The lowest BCUT2D eigenvalue weighted by Crippen LogP contribution is -2.02. The Labute approximate surface area is 91.7 Å². The van der Waals surface area contributed by atoms with Crippen molar-refractivity contribution in [1.29, 1.82) is 0 Å². The molecule has 5 heteroatoms. The molecule has 0 saturated carbocycles. The van der Waals surface area contributed by atoms with E-state index < -0.39 is 6.10 Å². The summed E-state index contributed by atoms with van der Waals surface area (Å²) >= 11 is 5.77. The van der Waals surface area contributed by atoms with E-state index in [2.05, 4.69) is 10.2 Å². The monoisotopic (exact) mass is 223 g/mol. The largest absolute Gasteiger partial charge is 0.398 e. The van der Waals surface area contributed by atoms with E-state index in [1.807, 2.05) is 0 Å². The fourth-order valence-corrected chi connectivity index (χ4v) is 1.57. The highest BCUT2D eigenvalue weighted by Gasteiger charge is 2.14. The van der Waals surface area contributed by atoms with Gasteiger partial charge >= 0.3 is 0 Å². The lowest BCUT2D eigenvalue weighted by molar-refractivity contribution is 0.221. The zero-order chi connectivity index (χ0) is 10.8. The van der Waals surface area contributed by atoms with Gasteiger partial charge in [-0.25, -0.2) is 0 Å². The first kappa shape index (κ1) is 10.0. The van der Waals surface area contributed by atoms with Crippen LogP contribution < -0.4 is 5.73 Å². The highest BCUT2D eigenvalue weighted by molar-refractivity contribution is 6.30. The summed E-state index contributed by atoms with van der Waals surface area (Å²) in [5.41, 5.74) is 7.52. The maximum Gasteiger partial charge on any atom is 0.109 e. The van der Waals surface area contributed by atoms with E-state index >= 15 is 0 Å². The van der Waals surface area contributed by atoms with Gasteiger partial charge in [0.25, 0.3) is 0 Å². The first-order valence-electron chi connectivity index (χ1n) is 4.40. The molecule has 0 bridgehead atoms. The normalized spacial score (nSPS) is 12.7. The van der Waals surface area contributed by atoms with Gasteiger partial charge in [-0.2, -0.15) is 5.10 Å². The quantitative estimate of drug-likeness (QED) is 0.679. The number of aromatic amines is 1. The summed E-state index contributed by atoms with van der Waals surface area (Å²) in [4.78, 5) is 0. The molecule has 0 aliphatic rings. The van der Waals surface area contributed by atoms with Crippen molar-refractivity contribution in [2.75, 3.05) is 5.73 Å². The number of rotatable bonds is 2. The number of nitrogens with one attached hydrogen (secondary N) is 1. The standard InChI is InChI=1S/C10H10ClN3O/c11-7-1-2-8(9(12)3-7)10(15)6-4-13-14-5-6/h1-5,10,15H,12H2,(H,13,14). The van der Waals surface area contributed by atoms with Gasteiger partial charge in [0.05, 0.1) is 6.20 Å². The maximum atomic E-state index is 9.97. The van der Waals surface area contributed by atoms with Gasteiger partial charge in [0.2, 0.25) is 0 Å². The maximum absolute atomic E-state index is 9.97. The second-order valence-electron chi connectivity index (χ2n) is 3.21. The van der Waals surface area contributed by atoms with Crippen LogP contribution in [0.3, 0.4) is 0 Å². The topological polar surface area (TPSA) is 74.9 Å². The molecule has 1 heterocycles. The molecule has 0 aliphatic heterocycles. The van der Waals surface area contributed by atoms with E-state index in [4.69, 9.17) is 17.3 Å². The van der Waals surface area contributed by atoms with Gasteiger partial charge in [0.1, 0.15) is 6.10 Å². The summed E-state index contributed by atoms with van der Waals surface area (Å²) in [6, 6.07) is 5.01. The third kappa shape index (κ3) is 1.95. The number of benzene rings is 1. The zero-order valence-corrected chi connectivity index (χ0v) is 8.57. The van der Waals surface area contributed by atoms with Crippen LogP contribution in [-0.2, 0) is 0 Å². The highest BCUT2D eigenvalue weighted by Crippen LogP contribution is 2.27. The van der Waals surface area contributed by atoms with Gasteiger partial charge in [-0.3, -0.25) is 5.10 Å². The van der Waals surface area contributed by atoms with Crippen molar-refractivity contribution in [3.05, 3.63) is 46.7 Å². The molecule has 4 nitrogen and oxygen atoms in total.